The first kappa shape index (κ1) is 20.8. The van der Waals surface area contributed by atoms with Crippen LogP contribution in [0.3, 0.4) is 0 Å². The Balaban J connectivity index is 1.67. The Bertz CT molecular complexity index is 1340. The molecule has 4 rings (SSSR count). The van der Waals surface area contributed by atoms with Crippen LogP contribution in [0.2, 0.25) is 5.02 Å². The zero-order valence-electron chi connectivity index (χ0n) is 17.3. The van der Waals surface area contributed by atoms with E-state index in [0.717, 1.165) is 11.3 Å². The molecule has 0 unspecified atom stereocenters. The predicted molar refractivity (Wildman–Crippen MR) is 120 cm³/mol. The molecule has 31 heavy (non-hydrogen) atoms. The molecule has 0 saturated carbocycles. The molecule has 1 amide bonds. The van der Waals surface area contributed by atoms with Crippen LogP contribution < -0.4 is 10.9 Å². The highest BCUT2D eigenvalue weighted by molar-refractivity contribution is 6.31. The van der Waals surface area contributed by atoms with Crippen LogP contribution in [-0.2, 0) is 6.54 Å². The van der Waals surface area contributed by atoms with E-state index >= 15 is 0 Å². The molecule has 0 atom stereocenters. The number of hydrogen-bond donors (Lipinski definition) is 1. The molecule has 0 aliphatic rings. The summed E-state index contributed by atoms with van der Waals surface area (Å²) in [7, 11) is 0. The number of rotatable bonds is 5. The first-order chi connectivity index (χ1) is 14.8. The topological polar surface area (TPSA) is 90.0 Å². The SMILES string of the molecule is Cc1noc2nc(C(C)C)cc(C(=O)Nc3ccc(=O)n(Cc4ccccc4Cl)c3)c12. The minimum absolute atomic E-state index is 0.110. The summed E-state index contributed by atoms with van der Waals surface area (Å²) in [6.07, 6.45) is 1.60. The lowest BCUT2D eigenvalue weighted by Crippen LogP contribution is -2.21. The zero-order chi connectivity index (χ0) is 22.1. The number of fused-ring (bicyclic) bond motifs is 1. The highest BCUT2D eigenvalue weighted by Gasteiger charge is 2.20. The summed E-state index contributed by atoms with van der Waals surface area (Å²) >= 11 is 6.22. The van der Waals surface area contributed by atoms with Crippen molar-refractivity contribution in [2.45, 2.75) is 33.2 Å². The number of nitrogens with one attached hydrogen (secondary N) is 1. The Morgan fingerprint density at radius 1 is 1.23 bits per heavy atom. The van der Waals surface area contributed by atoms with Gasteiger partial charge in [0, 0.05) is 23.0 Å². The van der Waals surface area contributed by atoms with Crippen molar-refractivity contribution in [3.8, 4) is 0 Å². The van der Waals surface area contributed by atoms with E-state index in [0.29, 0.717) is 39.6 Å². The fourth-order valence-electron chi connectivity index (χ4n) is 3.33. The number of aryl methyl sites for hydroxylation is 1. The van der Waals surface area contributed by atoms with Gasteiger partial charge in [0.2, 0.25) is 0 Å². The van der Waals surface area contributed by atoms with Crippen molar-refractivity contribution in [3.63, 3.8) is 0 Å². The second-order valence-electron chi connectivity index (χ2n) is 7.63. The maximum Gasteiger partial charge on any atom is 0.259 e. The number of halogens is 1. The van der Waals surface area contributed by atoms with Crippen molar-refractivity contribution in [2.75, 3.05) is 5.32 Å². The van der Waals surface area contributed by atoms with E-state index in [4.69, 9.17) is 16.1 Å². The number of nitrogens with zero attached hydrogens (tertiary/aromatic N) is 3. The Morgan fingerprint density at radius 2 is 2.00 bits per heavy atom. The minimum Gasteiger partial charge on any atom is -0.336 e. The van der Waals surface area contributed by atoms with Crippen LogP contribution in [0.4, 0.5) is 5.69 Å². The van der Waals surface area contributed by atoms with Crippen molar-refractivity contribution >= 4 is 34.3 Å². The summed E-state index contributed by atoms with van der Waals surface area (Å²) in [5.41, 5.74) is 3.19. The molecular weight excluding hydrogens is 416 g/mol. The first-order valence-corrected chi connectivity index (χ1v) is 10.2. The van der Waals surface area contributed by atoms with Crippen molar-refractivity contribution in [1.29, 1.82) is 0 Å². The predicted octanol–water partition coefficient (Wildman–Crippen LogP) is 4.77. The van der Waals surface area contributed by atoms with Crippen LogP contribution in [0.25, 0.3) is 11.1 Å². The summed E-state index contributed by atoms with van der Waals surface area (Å²) in [5.74, 6) is -0.220. The highest BCUT2D eigenvalue weighted by Crippen LogP contribution is 2.26. The summed E-state index contributed by atoms with van der Waals surface area (Å²) in [5, 5.41) is 7.98. The van der Waals surface area contributed by atoms with E-state index in [1.165, 1.54) is 10.6 Å². The Kier molecular flexibility index (Phi) is 5.61. The maximum absolute atomic E-state index is 13.1. The molecule has 0 spiro atoms. The molecular formula is C23H21ClN4O3. The Labute approximate surface area is 183 Å². The fourth-order valence-corrected chi connectivity index (χ4v) is 3.52. The van der Waals surface area contributed by atoms with E-state index in [-0.39, 0.29) is 17.4 Å². The average molecular weight is 437 g/mol. The van der Waals surface area contributed by atoms with E-state index in [2.05, 4.69) is 15.5 Å². The molecule has 3 heterocycles. The summed E-state index contributed by atoms with van der Waals surface area (Å²) in [4.78, 5) is 29.9. The number of benzene rings is 1. The third-order valence-electron chi connectivity index (χ3n) is 5.01. The molecule has 8 heteroatoms. The molecule has 4 aromatic rings. The maximum atomic E-state index is 13.1. The summed E-state index contributed by atoms with van der Waals surface area (Å²) < 4.78 is 6.80. The molecule has 0 radical (unpaired) electrons. The van der Waals surface area contributed by atoms with E-state index in [1.807, 2.05) is 32.0 Å². The largest absolute Gasteiger partial charge is 0.336 e. The van der Waals surface area contributed by atoms with Crippen LogP contribution in [0.5, 0.6) is 0 Å². The van der Waals surface area contributed by atoms with Gasteiger partial charge in [-0.2, -0.15) is 0 Å². The molecule has 7 nitrogen and oxygen atoms in total. The van der Waals surface area contributed by atoms with Crippen LogP contribution in [-0.4, -0.2) is 20.6 Å². The van der Waals surface area contributed by atoms with Gasteiger partial charge in [-0.1, -0.05) is 48.8 Å². The molecule has 0 saturated heterocycles. The standard InChI is InChI=1S/C23H21ClN4O3/c1-13(2)19-10-17(21-14(3)27-31-23(21)26-19)22(30)25-16-8-9-20(29)28(12-16)11-15-6-4-5-7-18(15)24/h4-10,12-13H,11H2,1-3H3,(H,25,30). The normalized spacial score (nSPS) is 11.3. The Hall–Kier alpha value is -3.45. The highest BCUT2D eigenvalue weighted by atomic mass is 35.5. The molecule has 0 fully saturated rings. The van der Waals surface area contributed by atoms with Gasteiger partial charge in [0.05, 0.1) is 28.9 Å². The van der Waals surface area contributed by atoms with Crippen LogP contribution in [0.15, 0.2) is 58.0 Å². The third-order valence-corrected chi connectivity index (χ3v) is 5.38. The van der Waals surface area contributed by atoms with Gasteiger partial charge in [-0.05, 0) is 36.6 Å². The number of hydrogen-bond acceptors (Lipinski definition) is 5. The lowest BCUT2D eigenvalue weighted by Gasteiger charge is -2.12. The van der Waals surface area contributed by atoms with Crippen molar-refractivity contribution in [2.24, 2.45) is 0 Å². The van der Waals surface area contributed by atoms with Crippen molar-refractivity contribution in [3.05, 3.63) is 86.6 Å². The summed E-state index contributed by atoms with van der Waals surface area (Å²) in [6, 6.07) is 12.1. The van der Waals surface area contributed by atoms with Gasteiger partial charge in [0.25, 0.3) is 17.2 Å². The second-order valence-corrected chi connectivity index (χ2v) is 8.03. The Morgan fingerprint density at radius 3 is 2.74 bits per heavy atom. The molecule has 1 aromatic carbocycles. The third kappa shape index (κ3) is 4.22. The van der Waals surface area contributed by atoms with Crippen molar-refractivity contribution < 1.29 is 9.32 Å². The van der Waals surface area contributed by atoms with Crippen LogP contribution >= 0.6 is 11.6 Å². The number of pyridine rings is 2. The monoisotopic (exact) mass is 436 g/mol. The molecule has 3 aromatic heterocycles. The van der Waals surface area contributed by atoms with Gasteiger partial charge < -0.3 is 14.4 Å². The molecule has 158 valence electrons. The van der Waals surface area contributed by atoms with Gasteiger partial charge >= 0.3 is 0 Å². The van der Waals surface area contributed by atoms with Crippen molar-refractivity contribution in [1.82, 2.24) is 14.7 Å². The van der Waals surface area contributed by atoms with Crippen LogP contribution in [0.1, 0.15) is 47.1 Å². The number of carbonyl (C=O) groups is 1. The molecule has 0 aliphatic heterocycles. The lowest BCUT2D eigenvalue weighted by atomic mass is 10.0. The van der Waals surface area contributed by atoms with E-state index in [9.17, 15) is 9.59 Å². The first-order valence-electron chi connectivity index (χ1n) is 9.85. The second kappa shape index (κ2) is 8.35. The summed E-state index contributed by atoms with van der Waals surface area (Å²) in [6.45, 7) is 6.04. The zero-order valence-corrected chi connectivity index (χ0v) is 18.1. The van der Waals surface area contributed by atoms with Gasteiger partial charge in [-0.25, -0.2) is 4.98 Å². The number of amides is 1. The number of carbonyl (C=O) groups excluding carboxylic acids is 1. The molecule has 1 N–H and O–H groups in total. The number of aromatic nitrogens is 3. The van der Waals surface area contributed by atoms with E-state index < -0.39 is 0 Å². The van der Waals surface area contributed by atoms with Gasteiger partial charge in [0.15, 0.2) is 0 Å². The smallest absolute Gasteiger partial charge is 0.259 e. The quantitative estimate of drug-likeness (QED) is 0.486. The van der Waals surface area contributed by atoms with Gasteiger partial charge in [-0.15, -0.1) is 0 Å². The van der Waals surface area contributed by atoms with E-state index in [1.54, 1.807) is 31.3 Å². The molecule has 0 bridgehead atoms. The van der Waals surface area contributed by atoms with Crippen LogP contribution in [0, 0.1) is 6.92 Å². The molecule has 0 aliphatic carbocycles. The average Bonchev–Trinajstić information content (AvgIpc) is 3.12. The van der Waals surface area contributed by atoms with Gasteiger partial charge in [0.1, 0.15) is 0 Å². The minimum atomic E-state index is -0.330. The lowest BCUT2D eigenvalue weighted by molar-refractivity contribution is 0.102. The van der Waals surface area contributed by atoms with Gasteiger partial charge in [-0.3, -0.25) is 9.59 Å². The fraction of sp³-hybridized carbons (Fsp3) is 0.217. The number of anilines is 1.